The summed E-state index contributed by atoms with van der Waals surface area (Å²) < 4.78 is 5.63. The molecule has 0 amide bonds. The first-order valence-corrected chi connectivity index (χ1v) is 8.21. The molecule has 24 heavy (non-hydrogen) atoms. The normalized spacial score (nSPS) is 18.0. The molecule has 0 aliphatic heterocycles. The molecule has 0 N–H and O–H groups in total. The van der Waals surface area contributed by atoms with Crippen LogP contribution in [-0.4, -0.2) is 17.9 Å². The van der Waals surface area contributed by atoms with Crippen molar-refractivity contribution in [2.45, 2.75) is 45.4 Å². The predicted octanol–water partition coefficient (Wildman–Crippen LogP) is 4.06. The Morgan fingerprint density at radius 1 is 1.12 bits per heavy atom. The lowest BCUT2D eigenvalue weighted by Gasteiger charge is -2.34. The number of fused-ring (bicyclic) bond motifs is 5. The van der Waals surface area contributed by atoms with Crippen LogP contribution in [0.2, 0.25) is 0 Å². The Morgan fingerprint density at radius 3 is 2.54 bits per heavy atom. The summed E-state index contributed by atoms with van der Waals surface area (Å²) in [5, 5.41) is 0. The third-order valence-electron chi connectivity index (χ3n) is 5.47. The first-order valence-electron chi connectivity index (χ1n) is 8.21. The Hall–Kier alpha value is -2.49. The molecule has 1 heterocycles. The van der Waals surface area contributed by atoms with Crippen LogP contribution in [0.15, 0.2) is 16.5 Å². The minimum Gasteiger partial charge on any atom is -0.452 e. The number of hydrogen-bond acceptors (Lipinski definition) is 4. The van der Waals surface area contributed by atoms with Crippen LogP contribution in [0.4, 0.5) is 0 Å². The van der Waals surface area contributed by atoms with Gasteiger partial charge < -0.3 is 4.42 Å². The Morgan fingerprint density at radius 2 is 1.83 bits per heavy atom. The van der Waals surface area contributed by atoms with E-state index in [9.17, 15) is 14.4 Å². The lowest BCUT2D eigenvalue weighted by molar-refractivity contribution is 0.0813. The van der Waals surface area contributed by atoms with E-state index < -0.39 is 11.6 Å². The predicted molar refractivity (Wildman–Crippen MR) is 88.9 cm³/mol. The van der Waals surface area contributed by atoms with Crippen molar-refractivity contribution < 1.29 is 18.8 Å². The molecule has 4 nitrogen and oxygen atoms in total. The molecule has 2 aromatic rings. The molecule has 0 fully saturated rings. The van der Waals surface area contributed by atoms with Crippen molar-refractivity contribution in [2.24, 2.45) is 0 Å². The minimum atomic E-state index is -0.566. The summed E-state index contributed by atoms with van der Waals surface area (Å²) in [6.07, 6.45) is 3.42. The summed E-state index contributed by atoms with van der Waals surface area (Å²) >= 11 is 0. The number of carbonyl (C=O) groups is 3. The molecule has 2 aliphatic carbocycles. The second-order valence-corrected chi connectivity index (χ2v) is 7.32. The number of rotatable bonds is 1. The van der Waals surface area contributed by atoms with Gasteiger partial charge in [0.25, 0.3) is 0 Å². The zero-order chi connectivity index (χ0) is 17.2. The Balaban J connectivity index is 2.07. The largest absolute Gasteiger partial charge is 0.452 e. The highest BCUT2D eigenvalue weighted by atomic mass is 16.3. The van der Waals surface area contributed by atoms with E-state index >= 15 is 0 Å². The van der Waals surface area contributed by atoms with Gasteiger partial charge in [-0.2, -0.15) is 0 Å². The molecule has 122 valence electrons. The number of carbonyl (C=O) groups excluding carboxylic acids is 3. The number of ketones is 2. The summed E-state index contributed by atoms with van der Waals surface area (Å²) in [6.45, 7) is 5.97. The number of aldehydes is 1. The SMILES string of the molecule is Cc1c(C=O)oc2c1C(=O)C(=O)c1c-2ccc2c1CCCC2(C)C. The first-order chi connectivity index (χ1) is 11.4. The van der Waals surface area contributed by atoms with Gasteiger partial charge in [-0.25, -0.2) is 0 Å². The van der Waals surface area contributed by atoms with Crippen LogP contribution < -0.4 is 0 Å². The average Bonchev–Trinajstić information content (AvgIpc) is 2.88. The maximum Gasteiger partial charge on any atom is 0.237 e. The average molecular weight is 322 g/mol. The molecule has 0 unspecified atom stereocenters. The fourth-order valence-corrected chi connectivity index (χ4v) is 4.17. The maximum atomic E-state index is 12.8. The zero-order valence-electron chi connectivity index (χ0n) is 14.0. The molecule has 1 aromatic heterocycles. The maximum absolute atomic E-state index is 12.8. The van der Waals surface area contributed by atoms with Crippen LogP contribution in [0.5, 0.6) is 0 Å². The molecule has 0 saturated heterocycles. The first kappa shape index (κ1) is 15.1. The van der Waals surface area contributed by atoms with Gasteiger partial charge in [-0.05, 0) is 42.7 Å². The smallest absolute Gasteiger partial charge is 0.237 e. The van der Waals surface area contributed by atoms with Gasteiger partial charge in [0.05, 0.1) is 5.56 Å². The number of furan rings is 1. The van der Waals surface area contributed by atoms with E-state index in [1.165, 1.54) is 0 Å². The summed E-state index contributed by atoms with van der Waals surface area (Å²) in [5.74, 6) is -0.565. The highest BCUT2D eigenvalue weighted by Crippen LogP contribution is 2.45. The monoisotopic (exact) mass is 322 g/mol. The van der Waals surface area contributed by atoms with Gasteiger partial charge in [-0.15, -0.1) is 0 Å². The van der Waals surface area contributed by atoms with E-state index in [1.54, 1.807) is 6.92 Å². The van der Waals surface area contributed by atoms with Crippen molar-refractivity contribution >= 4 is 17.9 Å². The van der Waals surface area contributed by atoms with Crippen molar-refractivity contribution in [3.63, 3.8) is 0 Å². The standard InChI is InChI=1S/C20H18O4/c1-10-14(9-21)24-19-12-6-7-13-11(5-4-8-20(13,2)3)16(12)18(23)17(22)15(10)19/h6-7,9H,4-5,8H2,1-3H3. The molecular weight excluding hydrogens is 304 g/mol. The number of hydrogen-bond donors (Lipinski definition) is 0. The van der Waals surface area contributed by atoms with Crippen molar-refractivity contribution in [1.29, 1.82) is 0 Å². The van der Waals surface area contributed by atoms with E-state index in [1.807, 2.05) is 12.1 Å². The molecule has 4 heteroatoms. The van der Waals surface area contributed by atoms with E-state index in [-0.39, 0.29) is 16.7 Å². The fourth-order valence-electron chi connectivity index (χ4n) is 4.17. The summed E-state index contributed by atoms with van der Waals surface area (Å²) in [4.78, 5) is 36.7. The number of Topliss-reactive ketones (excluding diaryl/α,β-unsaturated/α-hetero) is 2. The second-order valence-electron chi connectivity index (χ2n) is 7.32. The van der Waals surface area contributed by atoms with Gasteiger partial charge in [-0.1, -0.05) is 26.0 Å². The Bertz CT molecular complexity index is 928. The molecule has 0 atom stereocenters. The third-order valence-corrected chi connectivity index (χ3v) is 5.47. The molecule has 1 aromatic carbocycles. The van der Waals surface area contributed by atoms with Crippen LogP contribution in [0.25, 0.3) is 11.3 Å². The van der Waals surface area contributed by atoms with Crippen LogP contribution >= 0.6 is 0 Å². The topological polar surface area (TPSA) is 64.3 Å². The summed E-state index contributed by atoms with van der Waals surface area (Å²) in [5.41, 5.74) is 3.89. The third kappa shape index (κ3) is 1.77. The Labute approximate surface area is 139 Å². The van der Waals surface area contributed by atoms with Gasteiger partial charge in [0.2, 0.25) is 11.6 Å². The van der Waals surface area contributed by atoms with Crippen molar-refractivity contribution in [3.05, 3.63) is 45.7 Å². The van der Waals surface area contributed by atoms with E-state index in [4.69, 9.17) is 4.42 Å². The van der Waals surface area contributed by atoms with Crippen LogP contribution in [0.3, 0.4) is 0 Å². The summed E-state index contributed by atoms with van der Waals surface area (Å²) in [7, 11) is 0. The van der Waals surface area contributed by atoms with E-state index in [2.05, 4.69) is 13.8 Å². The molecular formula is C20H18O4. The van der Waals surface area contributed by atoms with Gasteiger partial charge in [0.1, 0.15) is 5.76 Å². The quantitative estimate of drug-likeness (QED) is 0.586. The molecule has 0 bridgehead atoms. The molecule has 0 saturated carbocycles. The van der Waals surface area contributed by atoms with Gasteiger partial charge >= 0.3 is 0 Å². The lowest BCUT2D eigenvalue weighted by atomic mass is 9.69. The van der Waals surface area contributed by atoms with Gasteiger partial charge in [0, 0.05) is 16.7 Å². The Kier molecular flexibility index (Phi) is 2.99. The van der Waals surface area contributed by atoms with Crippen LogP contribution in [0, 0.1) is 6.92 Å². The van der Waals surface area contributed by atoms with Crippen molar-refractivity contribution in [1.82, 2.24) is 0 Å². The van der Waals surface area contributed by atoms with Crippen molar-refractivity contribution in [2.75, 3.05) is 0 Å². The zero-order valence-corrected chi connectivity index (χ0v) is 14.0. The van der Waals surface area contributed by atoms with E-state index in [0.29, 0.717) is 28.7 Å². The molecule has 2 aliphatic rings. The fraction of sp³-hybridized carbons (Fsp3) is 0.350. The highest BCUT2D eigenvalue weighted by Gasteiger charge is 2.40. The van der Waals surface area contributed by atoms with Crippen LogP contribution in [0.1, 0.15) is 74.7 Å². The molecule has 0 radical (unpaired) electrons. The second kappa shape index (κ2) is 4.76. The highest BCUT2D eigenvalue weighted by molar-refractivity contribution is 6.53. The lowest BCUT2D eigenvalue weighted by Crippen LogP contribution is -2.29. The molecule has 4 rings (SSSR count). The number of benzene rings is 1. The van der Waals surface area contributed by atoms with Crippen molar-refractivity contribution in [3.8, 4) is 11.3 Å². The van der Waals surface area contributed by atoms with Gasteiger partial charge in [-0.3, -0.25) is 14.4 Å². The van der Waals surface area contributed by atoms with E-state index in [0.717, 1.165) is 30.4 Å². The summed E-state index contributed by atoms with van der Waals surface area (Å²) in [6, 6.07) is 3.90. The van der Waals surface area contributed by atoms with Crippen LogP contribution in [-0.2, 0) is 11.8 Å². The molecule has 0 spiro atoms. The minimum absolute atomic E-state index is 0.0146. The van der Waals surface area contributed by atoms with Gasteiger partial charge in [0.15, 0.2) is 12.0 Å².